The zero-order valence-corrected chi connectivity index (χ0v) is 13.1. The molecule has 0 amide bonds. The van der Waals surface area contributed by atoms with E-state index in [1.54, 1.807) is 0 Å². The Morgan fingerprint density at radius 2 is 2.40 bits per heavy atom. The lowest BCUT2D eigenvalue weighted by atomic mass is 9.80. The normalized spacial score (nSPS) is 31.6. The highest BCUT2D eigenvalue weighted by atomic mass is 32.2. The Balaban J connectivity index is 1.63. The Kier molecular flexibility index (Phi) is 4.39. The second kappa shape index (κ2) is 6.08. The highest BCUT2D eigenvalue weighted by Crippen LogP contribution is 2.41. The van der Waals surface area contributed by atoms with Crippen LogP contribution in [-0.4, -0.2) is 29.8 Å². The van der Waals surface area contributed by atoms with Gasteiger partial charge in [-0.05, 0) is 49.8 Å². The fourth-order valence-electron chi connectivity index (χ4n) is 3.57. The van der Waals surface area contributed by atoms with E-state index in [0.29, 0.717) is 5.92 Å². The monoisotopic (exact) mass is 291 g/mol. The van der Waals surface area contributed by atoms with E-state index >= 15 is 0 Å². The molecule has 2 aliphatic heterocycles. The summed E-state index contributed by atoms with van der Waals surface area (Å²) in [6.07, 6.45) is 4.49. The molecule has 2 nitrogen and oxygen atoms in total. The molecule has 1 aromatic rings. The van der Waals surface area contributed by atoms with E-state index in [1.165, 1.54) is 29.1 Å². The molecule has 2 fully saturated rings. The number of rotatable bonds is 3. The molecule has 2 saturated heterocycles. The number of benzene rings is 1. The molecular weight excluding hydrogens is 266 g/mol. The van der Waals surface area contributed by atoms with E-state index in [1.807, 2.05) is 11.8 Å². The smallest absolute Gasteiger partial charge is 0.0783 e. The molecule has 0 aromatic heterocycles. The molecule has 2 N–H and O–H groups in total. The van der Waals surface area contributed by atoms with Crippen molar-refractivity contribution in [2.45, 2.75) is 44.2 Å². The summed E-state index contributed by atoms with van der Waals surface area (Å²) in [5.74, 6) is 3.03. The highest BCUT2D eigenvalue weighted by molar-refractivity contribution is 7.99. The zero-order chi connectivity index (χ0) is 14.0. The lowest BCUT2D eigenvalue weighted by Gasteiger charge is -2.40. The predicted molar refractivity (Wildman–Crippen MR) is 86.2 cm³/mol. The van der Waals surface area contributed by atoms with Gasteiger partial charge in [-0.25, -0.2) is 0 Å². The van der Waals surface area contributed by atoms with Crippen LogP contribution in [0.15, 0.2) is 24.3 Å². The standard InChI is InChI=1S/C17H25NOS/c1-13-3-2-4-14(9-13)10-16(18)15-5-7-19-17(11-15)6-8-20-12-17/h2-4,9,15-16H,5-8,10-12,18H2,1H3. The summed E-state index contributed by atoms with van der Waals surface area (Å²) in [5.41, 5.74) is 9.37. The minimum absolute atomic E-state index is 0.151. The molecule has 2 aliphatic rings. The fraction of sp³-hybridized carbons (Fsp3) is 0.647. The van der Waals surface area contributed by atoms with Crippen LogP contribution in [-0.2, 0) is 11.2 Å². The van der Waals surface area contributed by atoms with Crippen LogP contribution in [0.25, 0.3) is 0 Å². The van der Waals surface area contributed by atoms with Gasteiger partial charge in [-0.3, -0.25) is 0 Å². The Morgan fingerprint density at radius 3 is 3.15 bits per heavy atom. The van der Waals surface area contributed by atoms with Gasteiger partial charge in [-0.2, -0.15) is 11.8 Å². The molecule has 110 valence electrons. The second-order valence-corrected chi connectivity index (χ2v) is 7.55. The quantitative estimate of drug-likeness (QED) is 0.929. The van der Waals surface area contributed by atoms with Crippen LogP contribution in [0.4, 0.5) is 0 Å². The van der Waals surface area contributed by atoms with Gasteiger partial charge in [0.15, 0.2) is 0 Å². The molecule has 1 aromatic carbocycles. The van der Waals surface area contributed by atoms with Crippen molar-refractivity contribution in [2.24, 2.45) is 11.7 Å². The van der Waals surface area contributed by atoms with Gasteiger partial charge < -0.3 is 10.5 Å². The molecule has 0 radical (unpaired) electrons. The first-order chi connectivity index (χ1) is 9.67. The van der Waals surface area contributed by atoms with Crippen molar-refractivity contribution >= 4 is 11.8 Å². The van der Waals surface area contributed by atoms with E-state index < -0.39 is 0 Å². The van der Waals surface area contributed by atoms with Crippen molar-refractivity contribution in [1.82, 2.24) is 0 Å². The maximum atomic E-state index is 6.52. The number of hydrogen-bond donors (Lipinski definition) is 1. The lowest BCUT2D eigenvalue weighted by molar-refractivity contribution is -0.0831. The molecule has 0 bridgehead atoms. The van der Waals surface area contributed by atoms with E-state index in [9.17, 15) is 0 Å². The van der Waals surface area contributed by atoms with Crippen LogP contribution in [0.3, 0.4) is 0 Å². The molecule has 2 heterocycles. The molecule has 3 heteroatoms. The van der Waals surface area contributed by atoms with Crippen molar-refractivity contribution in [3.05, 3.63) is 35.4 Å². The first kappa shape index (κ1) is 14.4. The second-order valence-electron chi connectivity index (χ2n) is 6.44. The minimum Gasteiger partial charge on any atom is -0.374 e. The number of thioether (sulfide) groups is 1. The van der Waals surface area contributed by atoms with Gasteiger partial charge in [-0.1, -0.05) is 29.8 Å². The van der Waals surface area contributed by atoms with Gasteiger partial charge >= 0.3 is 0 Å². The molecule has 3 rings (SSSR count). The number of aryl methyl sites for hydroxylation is 1. The van der Waals surface area contributed by atoms with Crippen LogP contribution in [0.2, 0.25) is 0 Å². The van der Waals surface area contributed by atoms with E-state index in [0.717, 1.165) is 25.9 Å². The summed E-state index contributed by atoms with van der Waals surface area (Å²) >= 11 is 2.03. The summed E-state index contributed by atoms with van der Waals surface area (Å²) in [6, 6.07) is 9.02. The van der Waals surface area contributed by atoms with Crippen LogP contribution in [0.5, 0.6) is 0 Å². The van der Waals surface area contributed by atoms with Crippen molar-refractivity contribution in [1.29, 1.82) is 0 Å². The number of nitrogens with two attached hydrogens (primary N) is 1. The van der Waals surface area contributed by atoms with Crippen LogP contribution >= 0.6 is 11.8 Å². The third-order valence-electron chi connectivity index (χ3n) is 4.76. The highest BCUT2D eigenvalue weighted by Gasteiger charge is 2.41. The molecule has 20 heavy (non-hydrogen) atoms. The lowest BCUT2D eigenvalue weighted by Crippen LogP contribution is -2.46. The largest absolute Gasteiger partial charge is 0.374 e. The van der Waals surface area contributed by atoms with E-state index in [4.69, 9.17) is 10.5 Å². The van der Waals surface area contributed by atoms with Crippen LogP contribution in [0.1, 0.15) is 30.4 Å². The van der Waals surface area contributed by atoms with E-state index in [-0.39, 0.29) is 11.6 Å². The molecule has 1 spiro atoms. The van der Waals surface area contributed by atoms with Crippen LogP contribution in [0, 0.1) is 12.8 Å². The SMILES string of the molecule is Cc1cccc(CC(N)C2CCOC3(CCSC3)C2)c1. The first-order valence-corrected chi connectivity index (χ1v) is 8.85. The Morgan fingerprint density at radius 1 is 1.50 bits per heavy atom. The number of ether oxygens (including phenoxy) is 1. The predicted octanol–water partition coefficient (Wildman–Crippen LogP) is 3.17. The van der Waals surface area contributed by atoms with Gasteiger partial charge in [0.05, 0.1) is 5.60 Å². The molecule has 0 aliphatic carbocycles. The Bertz CT molecular complexity index is 456. The van der Waals surface area contributed by atoms with E-state index in [2.05, 4.69) is 31.2 Å². The topological polar surface area (TPSA) is 35.2 Å². The zero-order valence-electron chi connectivity index (χ0n) is 12.3. The van der Waals surface area contributed by atoms with Gasteiger partial charge in [0.25, 0.3) is 0 Å². The van der Waals surface area contributed by atoms with Crippen molar-refractivity contribution < 1.29 is 4.74 Å². The third kappa shape index (κ3) is 3.21. The summed E-state index contributed by atoms with van der Waals surface area (Å²) in [5, 5.41) is 0. The molecule has 3 atom stereocenters. The Hall–Kier alpha value is -0.510. The average Bonchev–Trinajstić information content (AvgIpc) is 2.87. The van der Waals surface area contributed by atoms with Gasteiger partial charge in [0.2, 0.25) is 0 Å². The van der Waals surface area contributed by atoms with Gasteiger partial charge in [-0.15, -0.1) is 0 Å². The van der Waals surface area contributed by atoms with Crippen LogP contribution < -0.4 is 5.73 Å². The summed E-state index contributed by atoms with van der Waals surface area (Å²) in [4.78, 5) is 0. The minimum atomic E-state index is 0.151. The maximum Gasteiger partial charge on any atom is 0.0783 e. The van der Waals surface area contributed by atoms with Crippen molar-refractivity contribution in [2.75, 3.05) is 18.1 Å². The Labute approximate surface area is 126 Å². The molecule has 3 unspecified atom stereocenters. The summed E-state index contributed by atoms with van der Waals surface area (Å²) in [6.45, 7) is 3.04. The van der Waals surface area contributed by atoms with Crippen molar-refractivity contribution in [3.8, 4) is 0 Å². The summed E-state index contributed by atoms with van der Waals surface area (Å²) < 4.78 is 6.10. The van der Waals surface area contributed by atoms with Gasteiger partial charge in [0.1, 0.15) is 0 Å². The summed E-state index contributed by atoms with van der Waals surface area (Å²) in [7, 11) is 0. The maximum absolute atomic E-state index is 6.52. The molecule has 0 saturated carbocycles. The van der Waals surface area contributed by atoms with Gasteiger partial charge in [0, 0.05) is 18.4 Å². The molecular formula is C17H25NOS. The average molecular weight is 291 g/mol. The first-order valence-electron chi connectivity index (χ1n) is 7.70. The number of hydrogen-bond acceptors (Lipinski definition) is 3. The fourth-order valence-corrected chi connectivity index (χ4v) is 4.95. The van der Waals surface area contributed by atoms with Crippen molar-refractivity contribution in [3.63, 3.8) is 0 Å². The third-order valence-corrected chi connectivity index (χ3v) is 5.98.